The Balaban J connectivity index is 1.33. The largest absolute Gasteiger partial charge is 0.461 e. The Labute approximate surface area is 219 Å². The van der Waals surface area contributed by atoms with Gasteiger partial charge in [-0.15, -0.1) is 0 Å². The number of hydrogen-bond acceptors (Lipinski definition) is 4. The highest BCUT2D eigenvalue weighted by molar-refractivity contribution is 5.66. The topological polar surface area (TPSA) is 66.8 Å². The van der Waals surface area contributed by atoms with Crippen molar-refractivity contribution in [3.63, 3.8) is 0 Å². The second-order valence-corrected chi connectivity index (χ2v) is 15.0. The predicted molar refractivity (Wildman–Crippen MR) is 143 cm³/mol. The lowest BCUT2D eigenvalue weighted by Gasteiger charge is -2.63. The minimum atomic E-state index is -0.360. The fourth-order valence-corrected chi connectivity index (χ4v) is 11.3. The number of esters is 1. The quantitative estimate of drug-likeness (QED) is 0.315. The number of carbonyl (C=O) groups is 1. The summed E-state index contributed by atoms with van der Waals surface area (Å²) in [6, 6.07) is 0. The maximum Gasteiger partial charge on any atom is 0.302 e. The average molecular weight is 501 g/mol. The van der Waals surface area contributed by atoms with E-state index in [1.807, 2.05) is 6.92 Å². The van der Waals surface area contributed by atoms with Crippen LogP contribution in [0, 0.1) is 50.7 Å². The van der Waals surface area contributed by atoms with Gasteiger partial charge in [0.25, 0.3) is 0 Å². The molecular weight excluding hydrogens is 448 g/mol. The highest BCUT2D eigenvalue weighted by atomic mass is 16.5. The number of rotatable bonds is 6. The van der Waals surface area contributed by atoms with E-state index in [9.17, 15) is 15.0 Å². The van der Waals surface area contributed by atoms with Crippen molar-refractivity contribution in [1.82, 2.24) is 0 Å². The molecule has 4 heteroatoms. The fraction of sp³-hybridized carbons (Fsp3) is 0.906. The Hall–Kier alpha value is -0.870. The van der Waals surface area contributed by atoms with Crippen molar-refractivity contribution in [3.8, 4) is 0 Å². The molecule has 204 valence electrons. The van der Waals surface area contributed by atoms with Gasteiger partial charge in [-0.05, 0) is 127 Å². The molecule has 0 radical (unpaired) electrons. The Bertz CT molecular complexity index is 923. The molecule has 0 aromatic carbocycles. The molecule has 1 unspecified atom stereocenters. The Morgan fingerprint density at radius 1 is 0.944 bits per heavy atom. The fourth-order valence-electron chi connectivity index (χ4n) is 11.3. The van der Waals surface area contributed by atoms with Gasteiger partial charge in [-0.25, -0.2) is 0 Å². The number of aliphatic hydroxyl groups is 2. The minimum absolute atomic E-state index is 0.0479. The molecule has 5 rings (SSSR count). The molecule has 0 amide bonds. The van der Waals surface area contributed by atoms with E-state index in [2.05, 4.69) is 40.7 Å². The van der Waals surface area contributed by atoms with Crippen molar-refractivity contribution in [2.75, 3.05) is 6.61 Å². The van der Waals surface area contributed by atoms with Gasteiger partial charge in [-0.2, -0.15) is 0 Å². The number of aliphatic hydroxyl groups excluding tert-OH is 2. The molecule has 5 fully saturated rings. The Morgan fingerprint density at radius 3 is 2.31 bits per heavy atom. The first-order valence-corrected chi connectivity index (χ1v) is 14.9. The van der Waals surface area contributed by atoms with Crippen molar-refractivity contribution in [2.45, 2.75) is 125 Å². The zero-order valence-electron chi connectivity index (χ0n) is 24.0. The number of fused-ring (bicyclic) bond motifs is 2. The normalized spacial score (nSPS) is 48.6. The van der Waals surface area contributed by atoms with E-state index in [0.717, 1.165) is 17.9 Å². The van der Waals surface area contributed by atoms with E-state index < -0.39 is 0 Å². The second-order valence-electron chi connectivity index (χ2n) is 15.0. The van der Waals surface area contributed by atoms with Gasteiger partial charge in [-0.1, -0.05) is 40.7 Å². The maximum absolute atomic E-state index is 11.2. The van der Waals surface area contributed by atoms with Crippen LogP contribution in [0.3, 0.4) is 0 Å². The molecule has 5 aliphatic carbocycles. The molecule has 5 aliphatic rings. The number of hydrogen-bond donors (Lipinski definition) is 2. The van der Waals surface area contributed by atoms with E-state index in [4.69, 9.17) is 4.74 Å². The zero-order valence-corrected chi connectivity index (χ0v) is 24.0. The summed E-state index contributed by atoms with van der Waals surface area (Å²) in [4.78, 5) is 11.1. The first-order chi connectivity index (χ1) is 16.8. The lowest BCUT2D eigenvalue weighted by Crippen LogP contribution is -2.57. The van der Waals surface area contributed by atoms with Gasteiger partial charge >= 0.3 is 5.97 Å². The zero-order chi connectivity index (χ0) is 26.3. The van der Waals surface area contributed by atoms with Crippen LogP contribution < -0.4 is 0 Å². The van der Waals surface area contributed by atoms with Crippen molar-refractivity contribution in [3.05, 3.63) is 11.6 Å². The van der Waals surface area contributed by atoms with Crippen LogP contribution in [0.15, 0.2) is 11.6 Å². The third-order valence-corrected chi connectivity index (χ3v) is 13.6. The minimum Gasteiger partial charge on any atom is -0.461 e. The van der Waals surface area contributed by atoms with Crippen LogP contribution in [0.25, 0.3) is 0 Å². The Kier molecular flexibility index (Phi) is 6.36. The summed E-state index contributed by atoms with van der Waals surface area (Å²) in [7, 11) is 0. The molecule has 4 nitrogen and oxygen atoms in total. The lowest BCUT2D eigenvalue weighted by molar-refractivity contribution is -0.163. The van der Waals surface area contributed by atoms with Gasteiger partial charge in [-0.3, -0.25) is 4.79 Å². The predicted octanol–water partition coefficient (Wildman–Crippen LogP) is 6.68. The van der Waals surface area contributed by atoms with Gasteiger partial charge in [0, 0.05) is 6.92 Å². The molecule has 5 saturated carbocycles. The number of ether oxygens (including phenoxy) is 1. The van der Waals surface area contributed by atoms with Crippen molar-refractivity contribution in [1.29, 1.82) is 0 Å². The summed E-state index contributed by atoms with van der Waals surface area (Å²) in [6.07, 6.45) is 13.6. The van der Waals surface area contributed by atoms with Crippen LogP contribution in [0.4, 0.5) is 0 Å². The van der Waals surface area contributed by atoms with Crippen LogP contribution in [0.1, 0.15) is 113 Å². The summed E-state index contributed by atoms with van der Waals surface area (Å²) >= 11 is 0. The summed E-state index contributed by atoms with van der Waals surface area (Å²) in [5.74, 6) is 2.03. The first kappa shape index (κ1) is 26.7. The van der Waals surface area contributed by atoms with Crippen LogP contribution in [0.2, 0.25) is 0 Å². The van der Waals surface area contributed by atoms with Gasteiger partial charge in [0.2, 0.25) is 0 Å². The standard InChI is InChI=1S/C32H52O4/c1-20(18-36-22(3)33)8-9-24(34)21(2)23-12-14-30(7)26-11-10-25-28(4,5)27(35)13-15-31(25)19-32(26,31)17-16-29(23,30)6/h8,21,23-27,34-35H,9-19H2,1-7H3/b20-8-/t21-,23+,24-,25?,26-,27-,29+,30-,31+,32-/m0/s1. The first-order valence-electron chi connectivity index (χ1n) is 14.9. The lowest BCUT2D eigenvalue weighted by atomic mass is 9.41. The summed E-state index contributed by atoms with van der Waals surface area (Å²) in [5, 5.41) is 22.1. The highest BCUT2D eigenvalue weighted by Crippen LogP contribution is 2.89. The van der Waals surface area contributed by atoms with Gasteiger partial charge in [0.1, 0.15) is 6.61 Å². The Morgan fingerprint density at radius 2 is 1.61 bits per heavy atom. The third-order valence-electron chi connectivity index (χ3n) is 13.6. The second kappa shape index (κ2) is 8.57. The van der Waals surface area contributed by atoms with Crippen molar-refractivity contribution in [2.24, 2.45) is 50.7 Å². The summed E-state index contributed by atoms with van der Waals surface area (Å²) in [6.45, 7) is 15.9. The molecule has 0 aromatic heterocycles. The van der Waals surface area contributed by atoms with Gasteiger partial charge < -0.3 is 14.9 Å². The van der Waals surface area contributed by atoms with Crippen LogP contribution in [0.5, 0.6) is 0 Å². The van der Waals surface area contributed by atoms with Gasteiger partial charge in [0.05, 0.1) is 12.2 Å². The van der Waals surface area contributed by atoms with Crippen LogP contribution in [-0.4, -0.2) is 35.0 Å². The molecule has 0 bridgehead atoms. The van der Waals surface area contributed by atoms with E-state index in [-0.39, 0.29) is 34.9 Å². The molecule has 0 aliphatic heterocycles. The molecule has 0 saturated heterocycles. The molecule has 36 heavy (non-hydrogen) atoms. The average Bonchev–Trinajstić information content (AvgIpc) is 3.41. The monoisotopic (exact) mass is 500 g/mol. The summed E-state index contributed by atoms with van der Waals surface area (Å²) in [5.41, 5.74) is 2.67. The maximum atomic E-state index is 11.2. The van der Waals surface area contributed by atoms with E-state index >= 15 is 0 Å². The number of carbonyl (C=O) groups excluding carboxylic acids is 1. The summed E-state index contributed by atoms with van der Waals surface area (Å²) < 4.78 is 5.11. The van der Waals surface area contributed by atoms with E-state index in [0.29, 0.717) is 41.1 Å². The van der Waals surface area contributed by atoms with Crippen molar-refractivity contribution < 1.29 is 19.7 Å². The molecule has 2 spiro atoms. The van der Waals surface area contributed by atoms with E-state index in [1.165, 1.54) is 58.3 Å². The highest BCUT2D eigenvalue weighted by Gasteiger charge is 2.82. The molecule has 2 N–H and O–H groups in total. The SMILES string of the molecule is CC(=O)OC/C(C)=C\C[C@H](O)[C@@H](C)[C@H]1CC[C@@]2(C)[C@@H]3CCC4C(C)(C)[C@@H](O)CC[C@@]45C[C@@]35CC[C@]12C. The molecule has 10 atom stereocenters. The third kappa shape index (κ3) is 3.48. The smallest absolute Gasteiger partial charge is 0.302 e. The molecule has 0 aromatic rings. The van der Waals surface area contributed by atoms with Crippen LogP contribution >= 0.6 is 0 Å². The van der Waals surface area contributed by atoms with Crippen LogP contribution in [-0.2, 0) is 9.53 Å². The van der Waals surface area contributed by atoms with Gasteiger partial charge in [0.15, 0.2) is 0 Å². The molecule has 0 heterocycles. The molecular formula is C32H52O4. The van der Waals surface area contributed by atoms with E-state index in [1.54, 1.807) is 0 Å². The van der Waals surface area contributed by atoms with Crippen molar-refractivity contribution >= 4 is 5.97 Å².